The average Bonchev–Trinajstić information content (AvgIpc) is 3.09. The maximum absolute atomic E-state index is 13.2. The number of methoxy groups -OCH3 is 2. The summed E-state index contributed by atoms with van der Waals surface area (Å²) in [6, 6.07) is 36.6. The van der Waals surface area contributed by atoms with Gasteiger partial charge in [0.15, 0.2) is 0 Å². The monoisotopic (exact) mass is 736 g/mol. The molecule has 47 heavy (non-hydrogen) atoms. The van der Waals surface area contributed by atoms with E-state index in [1.165, 1.54) is 12.1 Å². The van der Waals surface area contributed by atoms with Gasteiger partial charge in [-0.2, -0.15) is 8.42 Å². The van der Waals surface area contributed by atoms with Crippen molar-refractivity contribution in [2.45, 2.75) is 23.5 Å². The first-order chi connectivity index (χ1) is 22.6. The molecule has 0 heterocycles. The van der Waals surface area contributed by atoms with Crippen molar-refractivity contribution in [2.24, 2.45) is 0 Å². The highest BCUT2D eigenvalue weighted by molar-refractivity contribution is 9.10. The lowest BCUT2D eigenvalue weighted by Crippen LogP contribution is -2.39. The van der Waals surface area contributed by atoms with Crippen LogP contribution in [0.2, 0.25) is 5.02 Å². The van der Waals surface area contributed by atoms with E-state index in [0.717, 1.165) is 26.7 Å². The molecule has 7 nitrogen and oxygen atoms in total. The molecule has 0 aliphatic rings. The first-order valence-electron chi connectivity index (χ1n) is 14.7. The third-order valence-corrected chi connectivity index (χ3v) is 9.65. The van der Waals surface area contributed by atoms with Crippen LogP contribution in [0.5, 0.6) is 17.2 Å². The molecule has 0 aliphatic carbocycles. The van der Waals surface area contributed by atoms with Gasteiger partial charge in [-0.3, -0.25) is 4.18 Å². The number of ether oxygens (including phenoxy) is 4. The third-order valence-electron chi connectivity index (χ3n) is 7.57. The predicted octanol–water partition coefficient (Wildman–Crippen LogP) is 8.59. The maximum atomic E-state index is 13.2. The van der Waals surface area contributed by atoms with Crippen molar-refractivity contribution >= 4 is 37.6 Å². The summed E-state index contributed by atoms with van der Waals surface area (Å²) in [4.78, 5) is 0.0412. The Morgan fingerprint density at radius 2 is 1.28 bits per heavy atom. The number of halogens is 2. The molecule has 0 unspecified atom stereocenters. The molecule has 0 aliphatic heterocycles. The maximum Gasteiger partial charge on any atom is 0.297 e. The highest BCUT2D eigenvalue weighted by Gasteiger charge is 2.39. The van der Waals surface area contributed by atoms with Crippen molar-refractivity contribution in [3.63, 3.8) is 0 Å². The minimum Gasteiger partial charge on any atom is -0.497 e. The van der Waals surface area contributed by atoms with Crippen molar-refractivity contribution < 1.29 is 31.5 Å². The van der Waals surface area contributed by atoms with E-state index in [4.69, 9.17) is 34.7 Å². The van der Waals surface area contributed by atoms with Crippen molar-refractivity contribution in [1.82, 2.24) is 0 Å². The summed E-state index contributed by atoms with van der Waals surface area (Å²) in [6.07, 6.45) is -0.909. The second-order valence-corrected chi connectivity index (χ2v) is 13.6. The minimum absolute atomic E-state index is 0.0412. The summed E-state index contributed by atoms with van der Waals surface area (Å²) in [5, 5.41) is 0.338. The molecule has 10 heteroatoms. The molecule has 1 atom stereocenters. The number of benzene rings is 5. The molecular weight excluding hydrogens is 704 g/mol. The molecular formula is C37H34BrClO7S. The minimum atomic E-state index is -4.11. The second kappa shape index (κ2) is 15.4. The van der Waals surface area contributed by atoms with Crippen LogP contribution < -0.4 is 14.2 Å². The lowest BCUT2D eigenvalue weighted by molar-refractivity contribution is -0.0405. The van der Waals surface area contributed by atoms with E-state index in [9.17, 15) is 8.42 Å². The van der Waals surface area contributed by atoms with E-state index in [0.29, 0.717) is 22.3 Å². The van der Waals surface area contributed by atoms with Gasteiger partial charge in [0, 0.05) is 4.47 Å². The van der Waals surface area contributed by atoms with Gasteiger partial charge in [0.1, 0.15) is 35.6 Å². The SMILES string of the molecule is COc1ccc(C(OC[C@H](COS(=O)(=O)c2ccc(C)cc2)Oc2ccc(Br)cc2Cl)(c2ccccc2)c2ccc(OC)cc2)cc1. The van der Waals surface area contributed by atoms with Gasteiger partial charge in [-0.05, 0) is 78.2 Å². The van der Waals surface area contributed by atoms with Gasteiger partial charge in [0.25, 0.3) is 10.1 Å². The van der Waals surface area contributed by atoms with Gasteiger partial charge >= 0.3 is 0 Å². The van der Waals surface area contributed by atoms with Crippen molar-refractivity contribution in [3.8, 4) is 17.2 Å². The van der Waals surface area contributed by atoms with Crippen molar-refractivity contribution in [2.75, 3.05) is 27.4 Å². The Morgan fingerprint density at radius 1 is 0.723 bits per heavy atom. The molecule has 0 radical (unpaired) electrons. The molecule has 0 amide bonds. The molecule has 0 saturated carbocycles. The Hall–Kier alpha value is -3.86. The molecule has 5 rings (SSSR count). The zero-order valence-electron chi connectivity index (χ0n) is 26.1. The van der Waals surface area contributed by atoms with Gasteiger partial charge < -0.3 is 18.9 Å². The lowest BCUT2D eigenvalue weighted by Gasteiger charge is -2.37. The van der Waals surface area contributed by atoms with Crippen LogP contribution in [-0.2, 0) is 24.6 Å². The molecule has 0 fully saturated rings. The highest BCUT2D eigenvalue weighted by atomic mass is 79.9. The quantitative estimate of drug-likeness (QED) is 0.0835. The first kappa shape index (κ1) is 34.5. The number of aryl methyl sites for hydroxylation is 1. The predicted molar refractivity (Wildman–Crippen MR) is 186 cm³/mol. The first-order valence-corrected chi connectivity index (χ1v) is 17.3. The Morgan fingerprint density at radius 3 is 1.81 bits per heavy atom. The van der Waals surface area contributed by atoms with E-state index in [1.54, 1.807) is 44.6 Å². The van der Waals surface area contributed by atoms with Gasteiger partial charge in [-0.1, -0.05) is 99.8 Å². The topological polar surface area (TPSA) is 80.3 Å². The van der Waals surface area contributed by atoms with Gasteiger partial charge in [-0.25, -0.2) is 0 Å². The summed E-state index contributed by atoms with van der Waals surface area (Å²) in [5.74, 6) is 1.72. The van der Waals surface area contributed by atoms with Crippen LogP contribution in [0.3, 0.4) is 0 Å². The molecule has 244 valence electrons. The van der Waals surface area contributed by atoms with Crippen LogP contribution in [0.15, 0.2) is 131 Å². The number of rotatable bonds is 14. The fourth-order valence-electron chi connectivity index (χ4n) is 5.10. The van der Waals surface area contributed by atoms with E-state index in [2.05, 4.69) is 15.9 Å². The molecule has 0 aromatic heterocycles. The van der Waals surface area contributed by atoms with Gasteiger partial charge in [0.05, 0.1) is 30.7 Å². The van der Waals surface area contributed by atoms with E-state index in [-0.39, 0.29) is 18.1 Å². The smallest absolute Gasteiger partial charge is 0.297 e. The molecule has 5 aromatic rings. The Bertz CT molecular complexity index is 1820. The van der Waals surface area contributed by atoms with Gasteiger partial charge in [0.2, 0.25) is 0 Å². The number of hydrogen-bond donors (Lipinski definition) is 0. The molecule has 0 spiro atoms. The van der Waals surface area contributed by atoms with E-state index in [1.807, 2.05) is 85.8 Å². The van der Waals surface area contributed by atoms with E-state index < -0.39 is 21.8 Å². The van der Waals surface area contributed by atoms with Crippen LogP contribution in [-0.4, -0.2) is 42.0 Å². The Balaban J connectivity index is 1.57. The van der Waals surface area contributed by atoms with E-state index >= 15 is 0 Å². The summed E-state index contributed by atoms with van der Waals surface area (Å²) in [6.45, 7) is 1.44. The van der Waals surface area contributed by atoms with Crippen molar-refractivity contribution in [3.05, 3.63) is 153 Å². The second-order valence-electron chi connectivity index (χ2n) is 10.7. The largest absolute Gasteiger partial charge is 0.497 e. The fourth-order valence-corrected chi connectivity index (χ4v) is 6.75. The average molecular weight is 738 g/mol. The fraction of sp³-hybridized carbons (Fsp3) is 0.189. The van der Waals surface area contributed by atoms with Crippen LogP contribution in [0, 0.1) is 6.92 Å². The standard InChI is InChI=1S/C37H34BrClO7S/c1-26-9-20-34(21-10-26)47(40,41)45-25-33(46-36-22-15-30(38)23-35(36)39)24-44-37(27-7-5-4-6-8-27,28-11-16-31(42-2)17-12-28)29-13-18-32(43-3)19-14-29/h4-23,33H,24-25H2,1-3H3/t33-/m1/s1. The van der Waals surface area contributed by atoms with Crippen LogP contribution >= 0.6 is 27.5 Å². The zero-order valence-corrected chi connectivity index (χ0v) is 29.2. The Kier molecular flexibility index (Phi) is 11.3. The lowest BCUT2D eigenvalue weighted by atomic mass is 9.80. The van der Waals surface area contributed by atoms with Crippen molar-refractivity contribution in [1.29, 1.82) is 0 Å². The normalized spacial score (nSPS) is 12.4. The summed E-state index contributed by atoms with van der Waals surface area (Å²) in [7, 11) is -0.890. The van der Waals surface area contributed by atoms with Crippen LogP contribution in [0.25, 0.3) is 0 Å². The molecule has 0 N–H and O–H groups in total. The molecule has 0 bridgehead atoms. The van der Waals surface area contributed by atoms with Gasteiger partial charge in [-0.15, -0.1) is 0 Å². The van der Waals surface area contributed by atoms with Crippen LogP contribution in [0.4, 0.5) is 0 Å². The molecule has 0 saturated heterocycles. The molecule has 5 aromatic carbocycles. The highest BCUT2D eigenvalue weighted by Crippen LogP contribution is 2.42. The number of hydrogen-bond acceptors (Lipinski definition) is 7. The summed E-state index contributed by atoms with van der Waals surface area (Å²) >= 11 is 9.95. The van der Waals surface area contributed by atoms with Crippen LogP contribution in [0.1, 0.15) is 22.3 Å². The zero-order chi connectivity index (χ0) is 33.4. The Labute approximate surface area is 289 Å². The summed E-state index contributed by atoms with van der Waals surface area (Å²) in [5.41, 5.74) is 2.22. The summed E-state index contributed by atoms with van der Waals surface area (Å²) < 4.78 is 57.0. The third kappa shape index (κ3) is 8.17.